The van der Waals surface area contributed by atoms with E-state index in [1.165, 1.54) is 24.3 Å². The van der Waals surface area contributed by atoms with Crippen molar-refractivity contribution in [1.82, 2.24) is 0 Å². The third-order valence-electron chi connectivity index (χ3n) is 2.38. The second kappa shape index (κ2) is 4.66. The fourth-order valence-corrected chi connectivity index (χ4v) is 2.47. The summed E-state index contributed by atoms with van der Waals surface area (Å²) in [5, 5.41) is 0. The van der Waals surface area contributed by atoms with Crippen LogP contribution in [-0.2, 0) is 9.05 Å². The van der Waals surface area contributed by atoms with Crippen LogP contribution in [0.25, 0.3) is 11.1 Å². The van der Waals surface area contributed by atoms with Gasteiger partial charge in [-0.15, -0.1) is 0 Å². The molecule has 0 amide bonds. The molecule has 0 atom stereocenters. The van der Waals surface area contributed by atoms with Crippen LogP contribution < -0.4 is 0 Å². The molecule has 18 heavy (non-hydrogen) atoms. The van der Waals surface area contributed by atoms with Crippen molar-refractivity contribution in [3.63, 3.8) is 0 Å². The molecule has 0 radical (unpaired) electrons. The lowest BCUT2D eigenvalue weighted by Crippen LogP contribution is -1.97. The molecule has 0 aromatic heterocycles. The molecule has 0 N–H and O–H groups in total. The molecule has 0 aliphatic heterocycles. The average Bonchev–Trinajstić information content (AvgIpc) is 2.29. The van der Waals surface area contributed by atoms with Crippen molar-refractivity contribution in [2.24, 2.45) is 0 Å². The second-order valence-electron chi connectivity index (χ2n) is 3.56. The maximum absolute atomic E-state index is 14.0. The van der Waals surface area contributed by atoms with E-state index in [-0.39, 0.29) is 5.56 Å². The number of benzene rings is 2. The van der Waals surface area contributed by atoms with Crippen LogP contribution in [0.4, 0.5) is 8.78 Å². The smallest absolute Gasteiger partial charge is 0.207 e. The van der Waals surface area contributed by atoms with Crippen LogP contribution in [0.2, 0.25) is 0 Å². The molecule has 2 rings (SSSR count). The minimum absolute atomic E-state index is 0.0525. The van der Waals surface area contributed by atoms with Gasteiger partial charge in [0.1, 0.15) is 10.7 Å². The number of halogens is 3. The quantitative estimate of drug-likeness (QED) is 0.792. The van der Waals surface area contributed by atoms with Crippen LogP contribution in [0.15, 0.2) is 47.4 Å². The Bertz CT molecular complexity index is 682. The van der Waals surface area contributed by atoms with Gasteiger partial charge in [0.2, 0.25) is 0 Å². The van der Waals surface area contributed by atoms with Crippen molar-refractivity contribution >= 4 is 19.7 Å². The summed E-state index contributed by atoms with van der Waals surface area (Å²) < 4.78 is 49.1. The highest BCUT2D eigenvalue weighted by atomic mass is 35.7. The zero-order chi connectivity index (χ0) is 13.3. The Kier molecular flexibility index (Phi) is 3.36. The zero-order valence-electron chi connectivity index (χ0n) is 8.90. The summed E-state index contributed by atoms with van der Waals surface area (Å²) in [7, 11) is 0.972. The maximum atomic E-state index is 14.0. The van der Waals surface area contributed by atoms with Gasteiger partial charge in [0, 0.05) is 16.2 Å². The first-order chi connectivity index (χ1) is 8.39. The van der Waals surface area contributed by atoms with Crippen molar-refractivity contribution in [2.45, 2.75) is 4.90 Å². The normalized spacial score (nSPS) is 11.5. The molecule has 0 aliphatic carbocycles. The van der Waals surface area contributed by atoms with E-state index < -0.39 is 25.6 Å². The highest BCUT2D eigenvalue weighted by Gasteiger charge is 2.19. The molecule has 0 unspecified atom stereocenters. The molecule has 2 nitrogen and oxygen atoms in total. The van der Waals surface area contributed by atoms with E-state index in [0.717, 1.165) is 18.2 Å². The van der Waals surface area contributed by atoms with Gasteiger partial charge in [-0.05, 0) is 23.8 Å². The topological polar surface area (TPSA) is 34.1 Å². The van der Waals surface area contributed by atoms with E-state index >= 15 is 0 Å². The molecule has 6 heteroatoms. The molecule has 0 spiro atoms. The van der Waals surface area contributed by atoms with Crippen molar-refractivity contribution in [3.05, 3.63) is 54.1 Å². The van der Waals surface area contributed by atoms with E-state index in [2.05, 4.69) is 0 Å². The Hall–Kier alpha value is -1.46. The SMILES string of the molecule is O=S(=O)(Cl)c1cccc(-c2ccc(F)cc2)c1F. The molecule has 0 saturated heterocycles. The summed E-state index contributed by atoms with van der Waals surface area (Å²) in [5.74, 6) is -1.40. The predicted octanol–water partition coefficient (Wildman–Crippen LogP) is 3.56. The maximum Gasteiger partial charge on any atom is 0.264 e. The number of hydrogen-bond acceptors (Lipinski definition) is 2. The first kappa shape index (κ1) is 13.0. The summed E-state index contributed by atoms with van der Waals surface area (Å²) in [6, 6.07) is 8.89. The van der Waals surface area contributed by atoms with Gasteiger partial charge < -0.3 is 0 Å². The first-order valence-corrected chi connectivity index (χ1v) is 7.19. The molecule has 94 valence electrons. The molecular formula is C12H7ClF2O2S. The van der Waals surface area contributed by atoms with E-state index in [0.29, 0.717) is 5.56 Å². The Morgan fingerprint density at radius 2 is 1.56 bits per heavy atom. The monoisotopic (exact) mass is 288 g/mol. The van der Waals surface area contributed by atoms with Crippen molar-refractivity contribution in [3.8, 4) is 11.1 Å². The Morgan fingerprint density at radius 3 is 2.11 bits per heavy atom. The average molecular weight is 289 g/mol. The van der Waals surface area contributed by atoms with Crippen LogP contribution in [0.3, 0.4) is 0 Å². The highest BCUT2D eigenvalue weighted by Crippen LogP contribution is 2.28. The van der Waals surface area contributed by atoms with Gasteiger partial charge in [0.05, 0.1) is 0 Å². The van der Waals surface area contributed by atoms with Crippen LogP contribution in [-0.4, -0.2) is 8.42 Å². The van der Waals surface area contributed by atoms with Crippen LogP contribution in [0.5, 0.6) is 0 Å². The van der Waals surface area contributed by atoms with Crippen molar-refractivity contribution in [1.29, 1.82) is 0 Å². The standard InChI is InChI=1S/C12H7ClF2O2S/c13-18(16,17)11-3-1-2-10(12(11)15)8-4-6-9(14)7-5-8/h1-7H. The Labute approximate surface area is 107 Å². The third-order valence-corrected chi connectivity index (χ3v) is 3.72. The number of rotatable bonds is 2. The highest BCUT2D eigenvalue weighted by molar-refractivity contribution is 8.13. The first-order valence-electron chi connectivity index (χ1n) is 4.89. The summed E-state index contributed by atoms with van der Waals surface area (Å²) in [6.07, 6.45) is 0. The molecular weight excluding hydrogens is 282 g/mol. The molecule has 2 aromatic rings. The second-order valence-corrected chi connectivity index (χ2v) is 6.10. The van der Waals surface area contributed by atoms with E-state index in [9.17, 15) is 17.2 Å². The van der Waals surface area contributed by atoms with Crippen LogP contribution >= 0.6 is 10.7 Å². The fourth-order valence-electron chi connectivity index (χ4n) is 1.55. The fraction of sp³-hybridized carbons (Fsp3) is 0. The largest absolute Gasteiger partial charge is 0.264 e. The van der Waals surface area contributed by atoms with Gasteiger partial charge in [0.25, 0.3) is 9.05 Å². The zero-order valence-corrected chi connectivity index (χ0v) is 10.5. The van der Waals surface area contributed by atoms with Gasteiger partial charge in [-0.3, -0.25) is 0 Å². The Balaban J connectivity index is 2.63. The summed E-state index contributed by atoms with van der Waals surface area (Å²) in [4.78, 5) is -0.592. The van der Waals surface area contributed by atoms with Gasteiger partial charge in [-0.1, -0.05) is 24.3 Å². The lowest BCUT2D eigenvalue weighted by molar-refractivity contribution is 0.577. The van der Waals surface area contributed by atoms with E-state index in [1.807, 2.05) is 0 Å². The molecule has 0 heterocycles. The van der Waals surface area contributed by atoms with Crippen LogP contribution in [0, 0.1) is 11.6 Å². The van der Waals surface area contributed by atoms with Gasteiger partial charge in [-0.25, -0.2) is 17.2 Å². The predicted molar refractivity (Wildman–Crippen MR) is 64.8 cm³/mol. The molecule has 2 aromatic carbocycles. The van der Waals surface area contributed by atoms with E-state index in [1.54, 1.807) is 0 Å². The third kappa shape index (κ3) is 2.52. The van der Waals surface area contributed by atoms with Gasteiger partial charge in [-0.2, -0.15) is 0 Å². The minimum Gasteiger partial charge on any atom is -0.207 e. The lowest BCUT2D eigenvalue weighted by atomic mass is 10.1. The van der Waals surface area contributed by atoms with Crippen molar-refractivity contribution in [2.75, 3.05) is 0 Å². The summed E-state index contributed by atoms with van der Waals surface area (Å²) in [6.45, 7) is 0. The molecule has 0 aliphatic rings. The molecule has 0 saturated carbocycles. The summed E-state index contributed by atoms with van der Waals surface area (Å²) >= 11 is 0. The summed E-state index contributed by atoms with van der Waals surface area (Å²) in [5.41, 5.74) is 0.424. The molecule has 0 bridgehead atoms. The lowest BCUT2D eigenvalue weighted by Gasteiger charge is -2.06. The molecule has 0 fully saturated rings. The van der Waals surface area contributed by atoms with Gasteiger partial charge >= 0.3 is 0 Å². The van der Waals surface area contributed by atoms with E-state index in [4.69, 9.17) is 10.7 Å². The van der Waals surface area contributed by atoms with Crippen LogP contribution in [0.1, 0.15) is 0 Å². The van der Waals surface area contributed by atoms with Gasteiger partial charge in [0.15, 0.2) is 5.82 Å². The number of hydrogen-bond donors (Lipinski definition) is 0. The minimum atomic E-state index is -4.15. The Morgan fingerprint density at radius 1 is 0.944 bits per heavy atom. The van der Waals surface area contributed by atoms with Crippen molar-refractivity contribution < 1.29 is 17.2 Å².